The smallest absolute Gasteiger partial charge is 0.270 e. The summed E-state index contributed by atoms with van der Waals surface area (Å²) in [5.41, 5.74) is 1.50. The van der Waals surface area contributed by atoms with E-state index in [4.69, 9.17) is 0 Å². The van der Waals surface area contributed by atoms with Gasteiger partial charge < -0.3 is 10.2 Å². The van der Waals surface area contributed by atoms with Crippen LogP contribution in [0.15, 0.2) is 41.2 Å². The monoisotopic (exact) mass is 384 g/mol. The molecule has 7 heteroatoms. The Kier molecular flexibility index (Phi) is 5.26. The zero-order chi connectivity index (χ0) is 17.8. The summed E-state index contributed by atoms with van der Waals surface area (Å²) in [5.74, 6) is 0.884. The van der Waals surface area contributed by atoms with Crippen molar-refractivity contribution in [2.75, 3.05) is 24.5 Å². The normalized spacial score (nSPS) is 13.9. The maximum atomic E-state index is 12.3. The van der Waals surface area contributed by atoms with Crippen LogP contribution < -0.4 is 10.2 Å². The van der Waals surface area contributed by atoms with Gasteiger partial charge in [-0.1, -0.05) is 6.07 Å². The number of thiophene rings is 1. The van der Waals surface area contributed by atoms with Crippen molar-refractivity contribution < 1.29 is 4.79 Å². The number of carbonyl (C=O) groups excluding carboxylic acids is 1. The second-order valence-electron chi connectivity index (χ2n) is 6.22. The molecule has 0 spiro atoms. The van der Waals surface area contributed by atoms with Crippen molar-refractivity contribution in [2.45, 2.75) is 19.3 Å². The van der Waals surface area contributed by atoms with Crippen molar-refractivity contribution in [1.29, 1.82) is 0 Å². The Morgan fingerprint density at radius 2 is 2.12 bits per heavy atom. The van der Waals surface area contributed by atoms with Gasteiger partial charge in [0.2, 0.25) is 0 Å². The number of rotatable bonds is 6. The number of hydrogen-bond donors (Lipinski definition) is 1. The number of aromatic nitrogens is 2. The van der Waals surface area contributed by atoms with E-state index in [1.807, 2.05) is 23.7 Å². The SMILES string of the molecule is O=C(NCCc1cccs1)c1csc(-c2ccnc(N3CCCC3)c2)n1. The molecule has 1 aliphatic rings. The van der Waals surface area contributed by atoms with Crippen molar-refractivity contribution in [2.24, 2.45) is 0 Å². The summed E-state index contributed by atoms with van der Waals surface area (Å²) < 4.78 is 0. The van der Waals surface area contributed by atoms with E-state index in [9.17, 15) is 4.79 Å². The third-order valence-electron chi connectivity index (χ3n) is 4.40. The van der Waals surface area contributed by atoms with Crippen molar-refractivity contribution in [3.8, 4) is 10.6 Å². The second kappa shape index (κ2) is 7.97. The quantitative estimate of drug-likeness (QED) is 0.701. The number of anilines is 1. The molecule has 5 nitrogen and oxygen atoms in total. The standard InChI is InChI=1S/C19H20N4OS2/c24-18(21-8-6-15-4-3-11-25-15)16-13-26-19(22-16)14-5-7-20-17(12-14)23-9-1-2-10-23/h3-5,7,11-13H,1-2,6,8-10H2,(H,21,24). The van der Waals surface area contributed by atoms with Crippen molar-refractivity contribution in [3.63, 3.8) is 0 Å². The molecule has 0 atom stereocenters. The number of amides is 1. The lowest BCUT2D eigenvalue weighted by atomic mass is 10.2. The van der Waals surface area contributed by atoms with E-state index < -0.39 is 0 Å². The number of thiazole rings is 1. The van der Waals surface area contributed by atoms with E-state index in [0.717, 1.165) is 35.9 Å². The lowest BCUT2D eigenvalue weighted by Crippen LogP contribution is -2.25. The molecule has 1 saturated heterocycles. The number of pyridine rings is 1. The van der Waals surface area contributed by atoms with E-state index in [1.54, 1.807) is 11.3 Å². The fraction of sp³-hybridized carbons (Fsp3) is 0.316. The molecule has 0 bridgehead atoms. The molecule has 0 aromatic carbocycles. The van der Waals surface area contributed by atoms with Gasteiger partial charge in [-0.05, 0) is 42.8 Å². The molecule has 0 aliphatic carbocycles. The summed E-state index contributed by atoms with van der Waals surface area (Å²) in [5, 5.41) is 7.68. The van der Waals surface area contributed by atoms with Crippen LogP contribution in [0.2, 0.25) is 0 Å². The molecule has 1 fully saturated rings. The molecule has 134 valence electrons. The Balaban J connectivity index is 1.40. The van der Waals surface area contributed by atoms with Crippen LogP contribution in [0.3, 0.4) is 0 Å². The number of nitrogens with zero attached hydrogens (tertiary/aromatic N) is 3. The number of nitrogens with one attached hydrogen (secondary N) is 1. The van der Waals surface area contributed by atoms with Crippen LogP contribution in [0, 0.1) is 0 Å². The Bertz CT molecular complexity index is 869. The van der Waals surface area contributed by atoms with Crippen LogP contribution in [0.5, 0.6) is 0 Å². The van der Waals surface area contributed by atoms with Gasteiger partial charge in [-0.15, -0.1) is 22.7 Å². The topological polar surface area (TPSA) is 58.1 Å². The highest BCUT2D eigenvalue weighted by atomic mass is 32.1. The van der Waals surface area contributed by atoms with E-state index >= 15 is 0 Å². The average molecular weight is 385 g/mol. The third kappa shape index (κ3) is 3.94. The third-order valence-corrected chi connectivity index (χ3v) is 6.22. The Hall–Kier alpha value is -2.25. The van der Waals surface area contributed by atoms with Gasteiger partial charge in [0.05, 0.1) is 0 Å². The molecule has 0 unspecified atom stereocenters. The molecule has 3 aromatic rings. The molecule has 0 saturated carbocycles. The highest BCUT2D eigenvalue weighted by Gasteiger charge is 2.16. The first kappa shape index (κ1) is 17.2. The van der Waals surface area contributed by atoms with Crippen molar-refractivity contribution in [3.05, 3.63) is 51.8 Å². The van der Waals surface area contributed by atoms with Gasteiger partial charge in [0.25, 0.3) is 5.91 Å². The summed E-state index contributed by atoms with van der Waals surface area (Å²) in [6.45, 7) is 2.75. The highest BCUT2D eigenvalue weighted by molar-refractivity contribution is 7.13. The molecule has 26 heavy (non-hydrogen) atoms. The molecule has 1 aliphatic heterocycles. The van der Waals surface area contributed by atoms with Gasteiger partial charge in [0.15, 0.2) is 0 Å². The van der Waals surface area contributed by atoms with Crippen LogP contribution in [-0.4, -0.2) is 35.5 Å². The summed E-state index contributed by atoms with van der Waals surface area (Å²) in [6, 6.07) is 8.14. The molecular weight excluding hydrogens is 364 g/mol. The van der Waals surface area contributed by atoms with Crippen LogP contribution in [-0.2, 0) is 6.42 Å². The molecule has 1 N–H and O–H groups in total. The summed E-state index contributed by atoms with van der Waals surface area (Å²) in [4.78, 5) is 24.9. The summed E-state index contributed by atoms with van der Waals surface area (Å²) in [7, 11) is 0. The van der Waals surface area contributed by atoms with E-state index in [0.29, 0.717) is 12.2 Å². The van der Waals surface area contributed by atoms with Gasteiger partial charge in [0, 0.05) is 41.7 Å². The first-order valence-electron chi connectivity index (χ1n) is 8.77. The highest BCUT2D eigenvalue weighted by Crippen LogP contribution is 2.27. The van der Waals surface area contributed by atoms with Crippen molar-refractivity contribution >= 4 is 34.4 Å². The Morgan fingerprint density at radius 1 is 1.23 bits per heavy atom. The minimum atomic E-state index is -0.113. The average Bonchev–Trinajstić information content (AvgIpc) is 3.43. The largest absolute Gasteiger partial charge is 0.357 e. The zero-order valence-corrected chi connectivity index (χ0v) is 16.0. The van der Waals surface area contributed by atoms with Crippen LogP contribution >= 0.6 is 22.7 Å². The number of hydrogen-bond acceptors (Lipinski definition) is 6. The zero-order valence-electron chi connectivity index (χ0n) is 14.4. The van der Waals surface area contributed by atoms with E-state index in [-0.39, 0.29) is 5.91 Å². The first-order chi connectivity index (χ1) is 12.8. The summed E-state index contributed by atoms with van der Waals surface area (Å²) >= 11 is 3.21. The van der Waals surface area contributed by atoms with Gasteiger partial charge in [-0.2, -0.15) is 0 Å². The molecule has 4 heterocycles. The van der Waals surface area contributed by atoms with Crippen LogP contribution in [0.4, 0.5) is 5.82 Å². The van der Waals surface area contributed by atoms with Gasteiger partial charge in [-0.3, -0.25) is 4.79 Å². The molecule has 0 radical (unpaired) electrons. The van der Waals surface area contributed by atoms with Crippen molar-refractivity contribution in [1.82, 2.24) is 15.3 Å². The first-order valence-corrected chi connectivity index (χ1v) is 10.5. The van der Waals surface area contributed by atoms with Gasteiger partial charge >= 0.3 is 0 Å². The predicted molar refractivity (Wildman–Crippen MR) is 107 cm³/mol. The molecule has 3 aromatic heterocycles. The summed E-state index contributed by atoms with van der Waals surface area (Å²) in [6.07, 6.45) is 5.12. The molecule has 1 amide bonds. The van der Waals surface area contributed by atoms with Crippen LogP contribution in [0.1, 0.15) is 28.2 Å². The Labute approximate surface area is 160 Å². The maximum Gasteiger partial charge on any atom is 0.270 e. The fourth-order valence-corrected chi connectivity index (χ4v) is 4.53. The molecular formula is C19H20N4OS2. The predicted octanol–water partition coefficient (Wildman–Crippen LogP) is 3.84. The van der Waals surface area contributed by atoms with Gasteiger partial charge in [-0.25, -0.2) is 9.97 Å². The molecule has 4 rings (SSSR count). The minimum Gasteiger partial charge on any atom is -0.357 e. The van der Waals surface area contributed by atoms with Gasteiger partial charge in [0.1, 0.15) is 16.5 Å². The van der Waals surface area contributed by atoms with E-state index in [2.05, 4.69) is 37.7 Å². The lowest BCUT2D eigenvalue weighted by molar-refractivity contribution is 0.0950. The minimum absolute atomic E-state index is 0.113. The lowest BCUT2D eigenvalue weighted by Gasteiger charge is -2.16. The Morgan fingerprint density at radius 3 is 2.92 bits per heavy atom. The van der Waals surface area contributed by atoms with Crippen LogP contribution in [0.25, 0.3) is 10.6 Å². The second-order valence-corrected chi connectivity index (χ2v) is 8.11. The van der Waals surface area contributed by atoms with E-state index in [1.165, 1.54) is 29.1 Å². The fourth-order valence-electron chi connectivity index (χ4n) is 3.03. The number of carbonyl (C=O) groups is 1. The maximum absolute atomic E-state index is 12.3.